The Morgan fingerprint density at radius 1 is 0.370 bits per heavy atom. The molecule has 17 atom stereocenters. The Morgan fingerprint density at radius 3 is 1.08 bits per heavy atom. The molecular weight excluding hydrogens is 1270 g/mol. The van der Waals surface area contributed by atoms with Crippen LogP contribution in [0.25, 0.3) is 0 Å². The largest absolute Gasteiger partial charge is 0.394 e. The molecule has 12 N–H and O–H groups in total. The Balaban J connectivity index is 1.37. The van der Waals surface area contributed by atoms with E-state index in [-0.39, 0.29) is 18.9 Å². The molecule has 0 aromatic heterocycles. The maximum Gasteiger partial charge on any atom is 0.220 e. The maximum atomic E-state index is 13.5. The molecular formula is C81H143NO18. The molecule has 0 saturated carbocycles. The number of hydrogen-bond donors (Lipinski definition) is 12. The van der Waals surface area contributed by atoms with Crippen molar-refractivity contribution in [3.05, 3.63) is 85.1 Å². The van der Waals surface area contributed by atoms with Gasteiger partial charge in [-0.05, 0) is 70.6 Å². The Labute approximate surface area is 603 Å². The minimum Gasteiger partial charge on any atom is -0.394 e. The average molecular weight is 1420 g/mol. The number of ether oxygens (including phenoxy) is 6. The van der Waals surface area contributed by atoms with Gasteiger partial charge >= 0.3 is 0 Å². The van der Waals surface area contributed by atoms with Gasteiger partial charge in [0.25, 0.3) is 0 Å². The Hall–Kier alpha value is -3.03. The number of aliphatic hydroxyl groups is 11. The molecule has 0 aromatic rings. The van der Waals surface area contributed by atoms with Gasteiger partial charge in [-0.25, -0.2) is 0 Å². The van der Waals surface area contributed by atoms with E-state index < -0.39 is 124 Å². The lowest BCUT2D eigenvalue weighted by Gasteiger charge is -2.48. The average Bonchev–Trinajstić information content (AvgIpc) is 0.783. The van der Waals surface area contributed by atoms with Crippen LogP contribution >= 0.6 is 0 Å². The van der Waals surface area contributed by atoms with E-state index in [0.29, 0.717) is 12.8 Å². The second-order valence-electron chi connectivity index (χ2n) is 28.2. The number of amides is 1. The van der Waals surface area contributed by atoms with Gasteiger partial charge in [-0.1, -0.05) is 298 Å². The van der Waals surface area contributed by atoms with Crippen LogP contribution in [0.1, 0.15) is 290 Å². The third kappa shape index (κ3) is 41.0. The first kappa shape index (κ1) is 91.2. The van der Waals surface area contributed by atoms with Gasteiger partial charge in [0.1, 0.15) is 73.2 Å². The van der Waals surface area contributed by atoms with E-state index in [4.69, 9.17) is 28.4 Å². The Kier molecular flexibility index (Phi) is 55.8. The zero-order chi connectivity index (χ0) is 72.5. The number of unbranched alkanes of at least 4 members (excludes halogenated alkanes) is 32. The van der Waals surface area contributed by atoms with Gasteiger partial charge in [0.15, 0.2) is 18.9 Å². The summed E-state index contributed by atoms with van der Waals surface area (Å²) in [4.78, 5) is 13.5. The lowest BCUT2D eigenvalue weighted by atomic mass is 9.96. The van der Waals surface area contributed by atoms with Crippen molar-refractivity contribution in [2.75, 3.05) is 26.4 Å². The molecule has 0 aromatic carbocycles. The van der Waals surface area contributed by atoms with Crippen LogP contribution in [0, 0.1) is 0 Å². The number of nitrogens with one attached hydrogen (secondary N) is 1. The summed E-state index contributed by atoms with van der Waals surface area (Å²) in [5, 5.41) is 121. The van der Waals surface area contributed by atoms with Gasteiger partial charge < -0.3 is 89.9 Å². The smallest absolute Gasteiger partial charge is 0.220 e. The van der Waals surface area contributed by atoms with Crippen LogP contribution in [0.4, 0.5) is 0 Å². The van der Waals surface area contributed by atoms with Gasteiger partial charge in [0, 0.05) is 6.42 Å². The van der Waals surface area contributed by atoms with Crippen molar-refractivity contribution in [3.63, 3.8) is 0 Å². The number of allylic oxidation sites excluding steroid dienone is 14. The third-order valence-electron chi connectivity index (χ3n) is 19.5. The zero-order valence-electron chi connectivity index (χ0n) is 61.9. The van der Waals surface area contributed by atoms with E-state index in [0.717, 1.165) is 96.3 Å². The summed E-state index contributed by atoms with van der Waals surface area (Å²) < 4.78 is 34.5. The molecule has 0 radical (unpaired) electrons. The molecule has 580 valence electrons. The van der Waals surface area contributed by atoms with E-state index in [9.17, 15) is 61.0 Å². The van der Waals surface area contributed by atoms with Crippen molar-refractivity contribution in [1.29, 1.82) is 0 Å². The predicted molar refractivity (Wildman–Crippen MR) is 397 cm³/mol. The summed E-state index contributed by atoms with van der Waals surface area (Å²) in [6.07, 6.45) is 53.7. The van der Waals surface area contributed by atoms with Crippen molar-refractivity contribution < 1.29 is 89.4 Å². The van der Waals surface area contributed by atoms with Crippen LogP contribution in [0.2, 0.25) is 0 Å². The summed E-state index contributed by atoms with van der Waals surface area (Å²) in [6, 6.07) is -0.895. The van der Waals surface area contributed by atoms with Gasteiger partial charge in [-0.2, -0.15) is 0 Å². The Bertz CT molecular complexity index is 2140. The second kappa shape index (κ2) is 61.2. The molecule has 3 aliphatic rings. The highest BCUT2D eigenvalue weighted by Crippen LogP contribution is 2.33. The number of carbonyl (C=O) groups excluding carboxylic acids is 1. The molecule has 0 bridgehead atoms. The van der Waals surface area contributed by atoms with Gasteiger partial charge in [-0.3, -0.25) is 4.79 Å². The molecule has 19 nitrogen and oxygen atoms in total. The zero-order valence-corrected chi connectivity index (χ0v) is 61.9. The minimum absolute atomic E-state index is 0.246. The summed E-state index contributed by atoms with van der Waals surface area (Å²) in [7, 11) is 0. The highest BCUT2D eigenvalue weighted by molar-refractivity contribution is 5.76. The molecule has 3 heterocycles. The number of carbonyl (C=O) groups is 1. The number of hydrogen-bond acceptors (Lipinski definition) is 18. The highest BCUT2D eigenvalue weighted by atomic mass is 16.8. The number of aliphatic hydroxyl groups excluding tert-OH is 11. The second-order valence-corrected chi connectivity index (χ2v) is 28.2. The van der Waals surface area contributed by atoms with Gasteiger partial charge in [0.2, 0.25) is 5.91 Å². The van der Waals surface area contributed by atoms with E-state index in [2.05, 4.69) is 104 Å². The van der Waals surface area contributed by atoms with Crippen LogP contribution in [0.3, 0.4) is 0 Å². The van der Waals surface area contributed by atoms with Crippen LogP contribution in [-0.2, 0) is 33.2 Å². The fourth-order valence-electron chi connectivity index (χ4n) is 13.1. The standard InChI is InChI=1S/C81H143NO18/c1-3-5-7-9-11-13-15-17-19-21-23-25-27-28-29-30-31-32-33-34-35-36-37-39-41-43-45-47-49-51-53-55-57-59-69(87)82-64(65(86)58-56-54-52-50-48-46-44-42-40-38-26-24-22-20-18-16-14-12-10-8-6-4-2)63-95-79-75(93)72(90)77(67(61-84)97-79)100-81-76(94)73(91)78(68(62-85)98-81)99-80-74(92)71(89)70(88)66(60-83)96-80/h5,7,11,13,17,19,23,25,28-29,31-32,34-35,64-68,70-81,83-86,88-94H,3-4,6,8-10,12,14-16,18,20-22,24,26-27,30,33,36-63H2,1-2H3,(H,82,87)/b7-5-,13-11-,19-17-,25-23-,29-28-,32-31-,35-34-. The van der Waals surface area contributed by atoms with Crippen molar-refractivity contribution in [2.45, 2.75) is 394 Å². The fourth-order valence-corrected chi connectivity index (χ4v) is 13.1. The van der Waals surface area contributed by atoms with Crippen molar-refractivity contribution in [2.24, 2.45) is 0 Å². The summed E-state index contributed by atoms with van der Waals surface area (Å²) in [6.45, 7) is 1.71. The third-order valence-corrected chi connectivity index (χ3v) is 19.5. The van der Waals surface area contributed by atoms with Gasteiger partial charge in [0.05, 0.1) is 38.6 Å². The van der Waals surface area contributed by atoms with Crippen LogP contribution < -0.4 is 5.32 Å². The lowest BCUT2D eigenvalue weighted by molar-refractivity contribution is -0.379. The Morgan fingerprint density at radius 2 is 0.690 bits per heavy atom. The molecule has 0 aliphatic carbocycles. The summed E-state index contributed by atoms with van der Waals surface area (Å²) in [5.74, 6) is -0.246. The van der Waals surface area contributed by atoms with Crippen LogP contribution in [-0.4, -0.2) is 193 Å². The van der Waals surface area contributed by atoms with E-state index in [1.165, 1.54) is 161 Å². The molecule has 17 unspecified atom stereocenters. The van der Waals surface area contributed by atoms with E-state index in [1.807, 2.05) is 0 Å². The van der Waals surface area contributed by atoms with Crippen molar-refractivity contribution >= 4 is 5.91 Å². The van der Waals surface area contributed by atoms with E-state index in [1.54, 1.807) is 0 Å². The first-order valence-corrected chi connectivity index (χ1v) is 39.8. The quantitative estimate of drug-likeness (QED) is 0.0199. The topological polar surface area (TPSA) is 307 Å². The molecule has 1 amide bonds. The predicted octanol–water partition coefficient (Wildman–Crippen LogP) is 13.0. The molecule has 0 spiro atoms. The summed E-state index contributed by atoms with van der Waals surface area (Å²) in [5.41, 5.74) is 0. The molecule has 3 saturated heterocycles. The first-order chi connectivity index (χ1) is 48.8. The van der Waals surface area contributed by atoms with Crippen LogP contribution in [0.15, 0.2) is 85.1 Å². The minimum atomic E-state index is -1.98. The molecule has 19 heteroatoms. The molecule has 3 rings (SSSR count). The SMILES string of the molecule is CC/C=C\C/C=C\C/C=C\C/C=C\C/C=C\C/C=C\C/C=C\CCCCCCCCCCCCCC(=O)NC(COC1OC(CO)C(OC2OC(CO)C(OC3OC(CO)C(O)C(O)C3O)C(O)C2O)C(O)C1O)C(O)CCCCCCCCCCCCCCCCCCCCCCCC. The highest BCUT2D eigenvalue weighted by Gasteiger charge is 2.54. The molecule has 3 fully saturated rings. The first-order valence-electron chi connectivity index (χ1n) is 39.8. The van der Waals surface area contributed by atoms with Crippen molar-refractivity contribution in [1.82, 2.24) is 5.32 Å². The molecule has 100 heavy (non-hydrogen) atoms. The monoisotopic (exact) mass is 1420 g/mol. The maximum absolute atomic E-state index is 13.5. The fraction of sp³-hybridized carbons (Fsp3) is 0.815. The van der Waals surface area contributed by atoms with Gasteiger partial charge in [-0.15, -0.1) is 0 Å². The summed E-state index contributed by atoms with van der Waals surface area (Å²) >= 11 is 0. The normalized spacial score (nSPS) is 26.9. The lowest BCUT2D eigenvalue weighted by Crippen LogP contribution is -2.66. The molecule has 3 aliphatic heterocycles. The van der Waals surface area contributed by atoms with Crippen LogP contribution in [0.5, 0.6) is 0 Å². The van der Waals surface area contributed by atoms with E-state index >= 15 is 0 Å². The number of rotatable bonds is 62. The van der Waals surface area contributed by atoms with Crippen molar-refractivity contribution in [3.8, 4) is 0 Å².